The van der Waals surface area contributed by atoms with Gasteiger partial charge in [-0.2, -0.15) is 0 Å². The number of halogens is 4. The fourth-order valence-corrected chi connectivity index (χ4v) is 2.34. The number of aryl methyl sites for hydroxylation is 1. The van der Waals surface area contributed by atoms with Gasteiger partial charge < -0.3 is 5.32 Å². The molecule has 20 heavy (non-hydrogen) atoms. The lowest BCUT2D eigenvalue weighted by molar-refractivity contribution is 0.101. The summed E-state index contributed by atoms with van der Waals surface area (Å²) in [7, 11) is 0. The Bertz CT molecular complexity index is 668. The van der Waals surface area contributed by atoms with Crippen LogP contribution in [0.2, 0.25) is 5.02 Å². The minimum atomic E-state index is -0.930. The molecule has 0 saturated carbocycles. The molecule has 0 spiro atoms. The quantitative estimate of drug-likeness (QED) is 0.807. The monoisotopic (exact) mass is 359 g/mol. The summed E-state index contributed by atoms with van der Waals surface area (Å²) in [5.41, 5.74) is 0.521. The highest BCUT2D eigenvalue weighted by molar-refractivity contribution is 9.10. The van der Waals surface area contributed by atoms with E-state index in [1.54, 1.807) is 25.1 Å². The van der Waals surface area contributed by atoms with Crippen molar-refractivity contribution in [2.24, 2.45) is 0 Å². The molecule has 0 heterocycles. The van der Waals surface area contributed by atoms with E-state index in [1.807, 2.05) is 0 Å². The van der Waals surface area contributed by atoms with Crippen LogP contribution in [0.1, 0.15) is 15.9 Å². The van der Waals surface area contributed by atoms with Crippen LogP contribution < -0.4 is 5.32 Å². The van der Waals surface area contributed by atoms with Gasteiger partial charge in [0.2, 0.25) is 0 Å². The number of anilines is 1. The van der Waals surface area contributed by atoms with Gasteiger partial charge in [0, 0.05) is 15.2 Å². The predicted octanol–water partition coefficient (Wildman–Crippen LogP) is 4.94. The molecule has 0 aliphatic carbocycles. The van der Waals surface area contributed by atoms with Crippen LogP contribution in [0.25, 0.3) is 0 Å². The topological polar surface area (TPSA) is 29.1 Å². The van der Waals surface area contributed by atoms with Crippen molar-refractivity contribution in [3.05, 3.63) is 62.6 Å². The SMILES string of the molecule is Cc1cc(Cl)ccc1NC(=O)c1c(F)cc(Br)cc1F. The Labute approximate surface area is 127 Å². The lowest BCUT2D eigenvalue weighted by atomic mass is 10.1. The fraction of sp³-hybridized carbons (Fsp3) is 0.0714. The predicted molar refractivity (Wildman–Crippen MR) is 78.2 cm³/mol. The molecule has 0 aromatic heterocycles. The Balaban J connectivity index is 2.33. The summed E-state index contributed by atoms with van der Waals surface area (Å²) in [4.78, 5) is 12.0. The Kier molecular flexibility index (Phi) is 4.40. The molecule has 0 bridgehead atoms. The lowest BCUT2D eigenvalue weighted by Crippen LogP contribution is -2.16. The molecular formula is C14H9BrClF2NO. The van der Waals surface area contributed by atoms with Crippen LogP contribution in [0.3, 0.4) is 0 Å². The molecule has 6 heteroatoms. The molecular weight excluding hydrogens is 352 g/mol. The number of carbonyl (C=O) groups is 1. The maximum Gasteiger partial charge on any atom is 0.261 e. The van der Waals surface area contributed by atoms with E-state index >= 15 is 0 Å². The summed E-state index contributed by atoms with van der Waals surface area (Å²) in [5, 5.41) is 2.98. The van der Waals surface area contributed by atoms with Crippen LogP contribution in [0, 0.1) is 18.6 Å². The van der Waals surface area contributed by atoms with E-state index in [2.05, 4.69) is 21.2 Å². The summed E-state index contributed by atoms with van der Waals surface area (Å²) in [5.74, 6) is -2.71. The molecule has 0 saturated heterocycles. The summed E-state index contributed by atoms with van der Waals surface area (Å²) < 4.78 is 27.6. The molecule has 0 unspecified atom stereocenters. The number of carbonyl (C=O) groups excluding carboxylic acids is 1. The van der Waals surface area contributed by atoms with Crippen LogP contribution >= 0.6 is 27.5 Å². The van der Waals surface area contributed by atoms with E-state index in [-0.39, 0.29) is 4.47 Å². The second-order valence-electron chi connectivity index (χ2n) is 4.16. The van der Waals surface area contributed by atoms with E-state index in [9.17, 15) is 13.6 Å². The van der Waals surface area contributed by atoms with Crippen molar-refractivity contribution < 1.29 is 13.6 Å². The van der Waals surface area contributed by atoms with Gasteiger partial charge in [-0.25, -0.2) is 8.78 Å². The molecule has 0 radical (unpaired) electrons. The van der Waals surface area contributed by atoms with E-state index in [0.717, 1.165) is 12.1 Å². The molecule has 1 amide bonds. The molecule has 1 N–H and O–H groups in total. The van der Waals surface area contributed by atoms with E-state index in [4.69, 9.17) is 11.6 Å². The fourth-order valence-electron chi connectivity index (χ4n) is 1.71. The van der Waals surface area contributed by atoms with Crippen molar-refractivity contribution in [1.29, 1.82) is 0 Å². The molecule has 0 fully saturated rings. The van der Waals surface area contributed by atoms with Crippen LogP contribution in [-0.4, -0.2) is 5.91 Å². The maximum atomic E-state index is 13.7. The Hall–Kier alpha value is -1.46. The summed E-state index contributed by atoms with van der Waals surface area (Å²) >= 11 is 8.76. The van der Waals surface area contributed by atoms with Crippen molar-refractivity contribution in [3.8, 4) is 0 Å². The molecule has 2 rings (SSSR count). The standard InChI is InChI=1S/C14H9BrClF2NO/c1-7-4-9(16)2-3-12(7)19-14(20)13-10(17)5-8(15)6-11(13)18/h2-6H,1H3,(H,19,20). The average Bonchev–Trinajstić information content (AvgIpc) is 2.31. The molecule has 2 nitrogen and oxygen atoms in total. The van der Waals surface area contributed by atoms with Gasteiger partial charge in [-0.15, -0.1) is 0 Å². The molecule has 2 aromatic rings. The smallest absolute Gasteiger partial charge is 0.261 e. The normalized spacial score (nSPS) is 10.4. The molecule has 0 aliphatic heterocycles. The van der Waals surface area contributed by atoms with Crippen molar-refractivity contribution in [2.45, 2.75) is 6.92 Å². The van der Waals surface area contributed by atoms with Crippen LogP contribution in [0.4, 0.5) is 14.5 Å². The van der Waals surface area contributed by atoms with Crippen molar-refractivity contribution in [2.75, 3.05) is 5.32 Å². The van der Waals surface area contributed by atoms with E-state index in [1.165, 1.54) is 0 Å². The average molecular weight is 361 g/mol. The zero-order valence-corrected chi connectivity index (χ0v) is 12.6. The highest BCUT2D eigenvalue weighted by Crippen LogP contribution is 2.23. The Morgan fingerprint density at radius 2 is 1.80 bits per heavy atom. The zero-order valence-electron chi connectivity index (χ0n) is 10.3. The summed E-state index contributed by atoms with van der Waals surface area (Å²) in [6, 6.07) is 6.87. The number of hydrogen-bond acceptors (Lipinski definition) is 1. The first-order valence-electron chi connectivity index (χ1n) is 5.60. The third kappa shape index (κ3) is 3.16. The third-order valence-electron chi connectivity index (χ3n) is 2.67. The van der Waals surface area contributed by atoms with Crippen LogP contribution in [-0.2, 0) is 0 Å². The van der Waals surface area contributed by atoms with Gasteiger partial charge >= 0.3 is 0 Å². The minimum Gasteiger partial charge on any atom is -0.322 e. The second-order valence-corrected chi connectivity index (χ2v) is 5.51. The van der Waals surface area contributed by atoms with Crippen LogP contribution in [0.15, 0.2) is 34.8 Å². The van der Waals surface area contributed by atoms with Gasteiger partial charge in [0.05, 0.1) is 0 Å². The van der Waals surface area contributed by atoms with Gasteiger partial charge in [0.25, 0.3) is 5.91 Å². The summed E-state index contributed by atoms with van der Waals surface area (Å²) in [6.45, 7) is 1.73. The van der Waals surface area contributed by atoms with Crippen molar-refractivity contribution in [1.82, 2.24) is 0 Å². The van der Waals surface area contributed by atoms with Gasteiger partial charge in [-0.05, 0) is 42.8 Å². The van der Waals surface area contributed by atoms with Crippen LogP contribution in [0.5, 0.6) is 0 Å². The van der Waals surface area contributed by atoms with Crippen molar-refractivity contribution >= 4 is 39.1 Å². The number of nitrogens with one attached hydrogen (secondary N) is 1. The van der Waals surface area contributed by atoms with Gasteiger partial charge in [-0.1, -0.05) is 27.5 Å². The second kappa shape index (κ2) is 5.89. The first-order valence-corrected chi connectivity index (χ1v) is 6.77. The highest BCUT2D eigenvalue weighted by atomic mass is 79.9. The van der Waals surface area contributed by atoms with Gasteiger partial charge in [0.1, 0.15) is 17.2 Å². The number of hydrogen-bond donors (Lipinski definition) is 1. The number of amides is 1. The lowest BCUT2D eigenvalue weighted by Gasteiger charge is -2.10. The van der Waals surface area contributed by atoms with Gasteiger partial charge in [0.15, 0.2) is 0 Å². The minimum absolute atomic E-state index is 0.228. The summed E-state index contributed by atoms with van der Waals surface area (Å²) in [6.07, 6.45) is 0. The molecule has 104 valence electrons. The highest BCUT2D eigenvalue weighted by Gasteiger charge is 2.19. The Morgan fingerprint density at radius 3 is 2.35 bits per heavy atom. The van der Waals surface area contributed by atoms with Crippen molar-refractivity contribution in [3.63, 3.8) is 0 Å². The maximum absolute atomic E-state index is 13.7. The molecule has 0 atom stereocenters. The molecule has 2 aromatic carbocycles. The van der Waals surface area contributed by atoms with Gasteiger partial charge in [-0.3, -0.25) is 4.79 Å². The Morgan fingerprint density at radius 1 is 1.20 bits per heavy atom. The third-order valence-corrected chi connectivity index (χ3v) is 3.36. The first-order chi connectivity index (χ1) is 9.38. The molecule has 0 aliphatic rings. The largest absolute Gasteiger partial charge is 0.322 e. The van der Waals surface area contributed by atoms with E-state index in [0.29, 0.717) is 16.3 Å². The number of benzene rings is 2. The first kappa shape index (κ1) is 14.9. The van der Waals surface area contributed by atoms with E-state index < -0.39 is 23.1 Å². The zero-order chi connectivity index (χ0) is 14.9. The number of rotatable bonds is 2.